The molecule has 0 radical (unpaired) electrons. The van der Waals surface area contributed by atoms with Crippen LogP contribution in [0.2, 0.25) is 0 Å². The molecule has 2 rings (SSSR count). The normalized spacial score (nSPS) is 10.0. The Balaban J connectivity index is 2.43. The first-order valence-electron chi connectivity index (χ1n) is 5.01. The molecule has 0 unspecified atom stereocenters. The molecule has 0 atom stereocenters. The topological polar surface area (TPSA) is 69.0 Å². The number of amides is 1. The zero-order valence-corrected chi connectivity index (χ0v) is 9.54. The summed E-state index contributed by atoms with van der Waals surface area (Å²) < 4.78 is 6.95. The quantitative estimate of drug-likeness (QED) is 0.864. The first-order chi connectivity index (χ1) is 8.20. The molecule has 1 aromatic carbocycles. The molecule has 88 valence electrons. The van der Waals surface area contributed by atoms with Crippen molar-refractivity contribution in [3.63, 3.8) is 0 Å². The first-order valence-corrected chi connectivity index (χ1v) is 5.01. The van der Waals surface area contributed by atoms with E-state index in [0.717, 1.165) is 5.69 Å². The van der Waals surface area contributed by atoms with E-state index in [0.29, 0.717) is 11.4 Å². The Morgan fingerprint density at radius 2 is 2.06 bits per heavy atom. The molecule has 0 fully saturated rings. The summed E-state index contributed by atoms with van der Waals surface area (Å²) >= 11 is 0. The lowest BCUT2D eigenvalue weighted by Gasteiger charge is -2.10. The maximum absolute atomic E-state index is 11.0. The number of aromatic nitrogens is 3. The van der Waals surface area contributed by atoms with Crippen molar-refractivity contribution < 1.29 is 9.53 Å². The molecule has 1 heterocycles. The van der Waals surface area contributed by atoms with Crippen LogP contribution in [-0.2, 0) is 4.79 Å². The van der Waals surface area contributed by atoms with Gasteiger partial charge in [0.25, 0.3) is 0 Å². The van der Waals surface area contributed by atoms with E-state index in [1.54, 1.807) is 42.5 Å². The Bertz CT molecular complexity index is 522. The van der Waals surface area contributed by atoms with Gasteiger partial charge in [0, 0.05) is 12.6 Å². The van der Waals surface area contributed by atoms with Gasteiger partial charge in [0.15, 0.2) is 0 Å². The largest absolute Gasteiger partial charge is 0.495 e. The van der Waals surface area contributed by atoms with Crippen LogP contribution in [0.15, 0.2) is 30.9 Å². The summed E-state index contributed by atoms with van der Waals surface area (Å²) in [6, 6.07) is 5.35. The van der Waals surface area contributed by atoms with Gasteiger partial charge in [-0.1, -0.05) is 0 Å². The fourth-order valence-corrected chi connectivity index (χ4v) is 1.50. The van der Waals surface area contributed by atoms with Gasteiger partial charge in [0.05, 0.1) is 12.8 Å². The molecule has 0 aliphatic rings. The van der Waals surface area contributed by atoms with Crippen LogP contribution in [0.1, 0.15) is 6.92 Å². The van der Waals surface area contributed by atoms with Crippen LogP contribution in [0.4, 0.5) is 5.69 Å². The average molecular weight is 232 g/mol. The predicted molar refractivity (Wildman–Crippen MR) is 62.2 cm³/mol. The number of benzene rings is 1. The highest BCUT2D eigenvalue weighted by atomic mass is 16.5. The minimum atomic E-state index is -0.120. The third kappa shape index (κ3) is 2.41. The first kappa shape index (κ1) is 11.1. The maximum Gasteiger partial charge on any atom is 0.221 e. The van der Waals surface area contributed by atoms with Gasteiger partial charge in [0.2, 0.25) is 5.91 Å². The Hall–Kier alpha value is -2.37. The van der Waals surface area contributed by atoms with Crippen molar-refractivity contribution in [2.45, 2.75) is 6.92 Å². The van der Waals surface area contributed by atoms with Crippen LogP contribution in [0, 0.1) is 0 Å². The standard InChI is InChI=1S/C11H12N4O2/c1-8(16)14-9-3-4-11(17-2)10(5-9)15-6-12-13-7-15/h3-7H,1-2H3,(H,14,16). The number of nitrogens with zero attached hydrogens (tertiary/aromatic N) is 3. The molecule has 1 amide bonds. The molecule has 0 saturated carbocycles. The van der Waals surface area contributed by atoms with E-state index >= 15 is 0 Å². The van der Waals surface area contributed by atoms with Crippen LogP contribution in [0.25, 0.3) is 5.69 Å². The van der Waals surface area contributed by atoms with Gasteiger partial charge < -0.3 is 10.1 Å². The highest BCUT2D eigenvalue weighted by Gasteiger charge is 2.07. The molecular formula is C11H12N4O2. The van der Waals surface area contributed by atoms with Crippen LogP contribution in [0.5, 0.6) is 5.75 Å². The Labute approximate surface area is 98.2 Å². The number of carbonyl (C=O) groups excluding carboxylic acids is 1. The molecule has 0 aliphatic carbocycles. The molecule has 2 aromatic rings. The smallest absolute Gasteiger partial charge is 0.221 e. The van der Waals surface area contributed by atoms with E-state index in [4.69, 9.17) is 4.74 Å². The number of hydrogen-bond acceptors (Lipinski definition) is 4. The molecule has 17 heavy (non-hydrogen) atoms. The zero-order valence-electron chi connectivity index (χ0n) is 9.54. The monoisotopic (exact) mass is 232 g/mol. The molecule has 6 nitrogen and oxygen atoms in total. The number of anilines is 1. The summed E-state index contributed by atoms with van der Waals surface area (Å²) in [5.41, 5.74) is 1.46. The van der Waals surface area contributed by atoms with Gasteiger partial charge >= 0.3 is 0 Å². The Morgan fingerprint density at radius 1 is 1.35 bits per heavy atom. The zero-order chi connectivity index (χ0) is 12.3. The molecule has 6 heteroatoms. The van der Waals surface area contributed by atoms with Gasteiger partial charge in [0.1, 0.15) is 18.4 Å². The summed E-state index contributed by atoms with van der Waals surface area (Å²) in [6.07, 6.45) is 3.13. The Morgan fingerprint density at radius 3 is 2.65 bits per heavy atom. The number of nitrogens with one attached hydrogen (secondary N) is 1. The van der Waals surface area contributed by atoms with Crippen molar-refractivity contribution in [3.8, 4) is 11.4 Å². The molecule has 0 spiro atoms. The summed E-state index contributed by atoms with van der Waals surface area (Å²) in [5, 5.41) is 10.2. The van der Waals surface area contributed by atoms with Crippen LogP contribution in [0.3, 0.4) is 0 Å². The number of hydrogen-bond donors (Lipinski definition) is 1. The number of methoxy groups -OCH3 is 1. The van der Waals surface area contributed by atoms with Gasteiger partial charge in [-0.25, -0.2) is 0 Å². The maximum atomic E-state index is 11.0. The van der Waals surface area contributed by atoms with Crippen LogP contribution in [-0.4, -0.2) is 27.8 Å². The minimum Gasteiger partial charge on any atom is -0.495 e. The SMILES string of the molecule is COc1ccc(NC(C)=O)cc1-n1cnnc1. The van der Waals surface area contributed by atoms with E-state index in [9.17, 15) is 4.79 Å². The fraction of sp³-hybridized carbons (Fsp3) is 0.182. The van der Waals surface area contributed by atoms with Crippen molar-refractivity contribution in [1.82, 2.24) is 14.8 Å². The van der Waals surface area contributed by atoms with Crippen molar-refractivity contribution in [3.05, 3.63) is 30.9 Å². The third-order valence-corrected chi connectivity index (χ3v) is 2.20. The lowest BCUT2D eigenvalue weighted by atomic mass is 10.2. The summed E-state index contributed by atoms with van der Waals surface area (Å²) in [4.78, 5) is 11.0. The fourth-order valence-electron chi connectivity index (χ4n) is 1.50. The number of ether oxygens (including phenoxy) is 1. The second-order valence-corrected chi connectivity index (χ2v) is 3.44. The van der Waals surface area contributed by atoms with Gasteiger partial charge in [-0.05, 0) is 18.2 Å². The summed E-state index contributed by atoms with van der Waals surface area (Å²) in [7, 11) is 1.58. The van der Waals surface area contributed by atoms with Crippen molar-refractivity contribution in [2.24, 2.45) is 0 Å². The summed E-state index contributed by atoms with van der Waals surface area (Å²) in [5.74, 6) is 0.559. The Kier molecular flexibility index (Phi) is 3.04. The van der Waals surface area contributed by atoms with E-state index in [1.165, 1.54) is 6.92 Å². The lowest BCUT2D eigenvalue weighted by molar-refractivity contribution is -0.114. The second kappa shape index (κ2) is 4.65. The van der Waals surface area contributed by atoms with Gasteiger partial charge in [-0.15, -0.1) is 10.2 Å². The predicted octanol–water partition coefficient (Wildman–Crippen LogP) is 1.23. The van der Waals surface area contributed by atoms with Crippen molar-refractivity contribution in [1.29, 1.82) is 0 Å². The van der Waals surface area contributed by atoms with Crippen LogP contribution < -0.4 is 10.1 Å². The number of carbonyl (C=O) groups is 1. The molecule has 0 saturated heterocycles. The lowest BCUT2D eigenvalue weighted by Crippen LogP contribution is -2.06. The van der Waals surface area contributed by atoms with Gasteiger partial charge in [-0.3, -0.25) is 9.36 Å². The molecule has 1 N–H and O–H groups in total. The molecule has 0 aliphatic heterocycles. The molecule has 0 bridgehead atoms. The molecule has 1 aromatic heterocycles. The molecular weight excluding hydrogens is 220 g/mol. The van der Waals surface area contributed by atoms with E-state index < -0.39 is 0 Å². The average Bonchev–Trinajstić information content (AvgIpc) is 2.81. The van der Waals surface area contributed by atoms with Crippen molar-refractivity contribution >= 4 is 11.6 Å². The highest BCUT2D eigenvalue weighted by Crippen LogP contribution is 2.25. The van der Waals surface area contributed by atoms with E-state index in [1.807, 2.05) is 0 Å². The highest BCUT2D eigenvalue weighted by molar-refractivity contribution is 5.89. The second-order valence-electron chi connectivity index (χ2n) is 3.44. The van der Waals surface area contributed by atoms with E-state index in [2.05, 4.69) is 15.5 Å². The van der Waals surface area contributed by atoms with Gasteiger partial charge in [-0.2, -0.15) is 0 Å². The minimum absolute atomic E-state index is 0.120. The van der Waals surface area contributed by atoms with Crippen molar-refractivity contribution in [2.75, 3.05) is 12.4 Å². The summed E-state index contributed by atoms with van der Waals surface area (Å²) in [6.45, 7) is 1.46. The van der Waals surface area contributed by atoms with Crippen LogP contribution >= 0.6 is 0 Å². The van der Waals surface area contributed by atoms with E-state index in [-0.39, 0.29) is 5.91 Å². The third-order valence-electron chi connectivity index (χ3n) is 2.20. The number of rotatable bonds is 3.